The van der Waals surface area contributed by atoms with E-state index < -0.39 is 5.97 Å². The number of fused-ring (bicyclic) bond motifs is 3. The Morgan fingerprint density at radius 1 is 1.07 bits per heavy atom. The molecule has 148 valence electrons. The number of carbonyl (C=O) groups is 2. The third-order valence-electron chi connectivity index (χ3n) is 5.05. The van der Waals surface area contributed by atoms with Crippen molar-refractivity contribution in [1.82, 2.24) is 9.88 Å². The highest BCUT2D eigenvalue weighted by molar-refractivity contribution is 6.18. The van der Waals surface area contributed by atoms with Crippen molar-refractivity contribution in [2.24, 2.45) is 0 Å². The predicted molar refractivity (Wildman–Crippen MR) is 113 cm³/mol. The van der Waals surface area contributed by atoms with Crippen molar-refractivity contribution >= 4 is 28.4 Å². The molecule has 5 heteroatoms. The van der Waals surface area contributed by atoms with Crippen LogP contribution in [0.15, 0.2) is 60.8 Å². The third-order valence-corrected chi connectivity index (χ3v) is 5.05. The normalized spacial score (nSPS) is 13.8. The van der Waals surface area contributed by atoms with Crippen LogP contribution in [-0.2, 0) is 27.2 Å². The molecule has 0 aliphatic carbocycles. The molecule has 3 aromatic rings. The molecule has 0 atom stereocenters. The molecule has 0 saturated heterocycles. The third kappa shape index (κ3) is 3.94. The van der Waals surface area contributed by atoms with Gasteiger partial charge in [-0.25, -0.2) is 4.79 Å². The number of hydrogen-bond donors (Lipinski definition) is 1. The van der Waals surface area contributed by atoms with Gasteiger partial charge in [0, 0.05) is 23.6 Å². The average molecular weight is 388 g/mol. The summed E-state index contributed by atoms with van der Waals surface area (Å²) < 4.78 is 5.48. The van der Waals surface area contributed by atoms with Crippen LogP contribution >= 0.6 is 0 Å². The highest BCUT2D eigenvalue weighted by Gasteiger charge is 2.27. The molecular formula is C24H24N2O3. The molecule has 0 spiro atoms. The number of aromatic nitrogens is 1. The summed E-state index contributed by atoms with van der Waals surface area (Å²) in [4.78, 5) is 30.9. The number of ether oxygens (including phenoxy) is 1. The van der Waals surface area contributed by atoms with E-state index >= 15 is 0 Å². The number of aromatic amines is 1. The van der Waals surface area contributed by atoms with E-state index in [2.05, 4.69) is 4.98 Å². The molecule has 29 heavy (non-hydrogen) atoms. The van der Waals surface area contributed by atoms with Gasteiger partial charge in [-0.3, -0.25) is 4.79 Å². The second-order valence-electron chi connectivity index (χ2n) is 7.52. The van der Waals surface area contributed by atoms with Gasteiger partial charge in [-0.1, -0.05) is 48.5 Å². The summed E-state index contributed by atoms with van der Waals surface area (Å²) in [7, 11) is 0. The molecule has 5 nitrogen and oxygen atoms in total. The van der Waals surface area contributed by atoms with Gasteiger partial charge in [0.2, 0.25) is 5.91 Å². The number of amides is 1. The first-order valence-corrected chi connectivity index (χ1v) is 9.89. The summed E-state index contributed by atoms with van der Waals surface area (Å²) in [6, 6.07) is 17.6. The van der Waals surface area contributed by atoms with E-state index in [1.807, 2.05) is 68.4 Å². The maximum absolute atomic E-state index is 13.0. The SMILES string of the molecule is CC(C)OC(=O)C1=CN(C(=O)Cc2ccccc2)CCc2c1[nH]c1ccccc21. The van der Waals surface area contributed by atoms with Gasteiger partial charge in [0.1, 0.15) is 0 Å². The number of esters is 1. The molecule has 0 bridgehead atoms. The number of hydrogen-bond acceptors (Lipinski definition) is 3. The van der Waals surface area contributed by atoms with E-state index in [9.17, 15) is 9.59 Å². The van der Waals surface area contributed by atoms with Gasteiger partial charge >= 0.3 is 5.97 Å². The van der Waals surface area contributed by atoms with Crippen LogP contribution in [0.3, 0.4) is 0 Å². The lowest BCUT2D eigenvalue weighted by molar-refractivity contribution is -0.140. The maximum Gasteiger partial charge on any atom is 0.342 e. The summed E-state index contributed by atoms with van der Waals surface area (Å²) in [5.41, 5.74) is 4.11. The zero-order valence-corrected chi connectivity index (χ0v) is 16.6. The van der Waals surface area contributed by atoms with Crippen molar-refractivity contribution in [3.63, 3.8) is 0 Å². The van der Waals surface area contributed by atoms with Gasteiger partial charge < -0.3 is 14.6 Å². The summed E-state index contributed by atoms with van der Waals surface area (Å²) in [6.07, 6.45) is 2.36. The maximum atomic E-state index is 13.0. The van der Waals surface area contributed by atoms with Gasteiger partial charge in [-0.05, 0) is 37.5 Å². The quantitative estimate of drug-likeness (QED) is 0.685. The Hall–Kier alpha value is -3.34. The minimum Gasteiger partial charge on any atom is -0.459 e. The molecule has 0 saturated carbocycles. The molecule has 0 unspecified atom stereocenters. The van der Waals surface area contributed by atoms with Crippen molar-refractivity contribution in [3.8, 4) is 0 Å². The lowest BCUT2D eigenvalue weighted by atomic mass is 10.0. The summed E-state index contributed by atoms with van der Waals surface area (Å²) in [5.74, 6) is -0.465. The number of rotatable bonds is 4. The Morgan fingerprint density at radius 2 is 1.79 bits per heavy atom. The van der Waals surface area contributed by atoms with Crippen molar-refractivity contribution < 1.29 is 14.3 Å². The number of carbonyl (C=O) groups excluding carboxylic acids is 2. The van der Waals surface area contributed by atoms with Crippen molar-refractivity contribution in [2.75, 3.05) is 6.54 Å². The Bertz CT molecular complexity index is 1080. The van der Waals surface area contributed by atoms with Crippen LogP contribution in [0, 0.1) is 0 Å². The molecule has 4 rings (SSSR count). The van der Waals surface area contributed by atoms with Gasteiger partial charge in [0.15, 0.2) is 0 Å². The highest BCUT2D eigenvalue weighted by Crippen LogP contribution is 2.31. The molecule has 2 aromatic carbocycles. The molecule has 1 amide bonds. The molecule has 2 heterocycles. The fraction of sp³-hybridized carbons (Fsp3) is 0.250. The van der Waals surface area contributed by atoms with Crippen LogP contribution in [0.5, 0.6) is 0 Å². The van der Waals surface area contributed by atoms with Crippen LogP contribution in [0.1, 0.15) is 30.7 Å². The lowest BCUT2D eigenvalue weighted by Gasteiger charge is -2.18. The van der Waals surface area contributed by atoms with Crippen LogP contribution in [-0.4, -0.2) is 34.4 Å². The first-order chi connectivity index (χ1) is 14.0. The predicted octanol–water partition coefficient (Wildman–Crippen LogP) is 4.09. The molecule has 0 fully saturated rings. The molecule has 0 radical (unpaired) electrons. The summed E-state index contributed by atoms with van der Waals surface area (Å²) >= 11 is 0. The van der Waals surface area contributed by atoms with E-state index in [4.69, 9.17) is 4.74 Å². The first-order valence-electron chi connectivity index (χ1n) is 9.89. The van der Waals surface area contributed by atoms with Crippen LogP contribution in [0.4, 0.5) is 0 Å². The number of nitrogens with one attached hydrogen (secondary N) is 1. The Balaban J connectivity index is 1.72. The second kappa shape index (κ2) is 7.95. The number of para-hydroxylation sites is 1. The van der Waals surface area contributed by atoms with E-state index in [0.29, 0.717) is 25.0 Å². The van der Waals surface area contributed by atoms with E-state index in [1.54, 1.807) is 11.1 Å². The fourth-order valence-electron chi connectivity index (χ4n) is 3.71. The van der Waals surface area contributed by atoms with Gasteiger partial charge in [-0.2, -0.15) is 0 Å². The second-order valence-corrected chi connectivity index (χ2v) is 7.52. The van der Waals surface area contributed by atoms with E-state index in [1.165, 1.54) is 0 Å². The monoisotopic (exact) mass is 388 g/mol. The molecule has 1 N–H and O–H groups in total. The Morgan fingerprint density at radius 3 is 2.55 bits per heavy atom. The van der Waals surface area contributed by atoms with E-state index in [-0.39, 0.29) is 12.0 Å². The minimum absolute atomic E-state index is 0.0412. The molecular weight excluding hydrogens is 364 g/mol. The Kier molecular flexibility index (Phi) is 5.21. The summed E-state index contributed by atoms with van der Waals surface area (Å²) in [6.45, 7) is 4.15. The largest absolute Gasteiger partial charge is 0.459 e. The van der Waals surface area contributed by atoms with Gasteiger partial charge in [0.05, 0.1) is 23.8 Å². The smallest absolute Gasteiger partial charge is 0.342 e. The molecule has 1 aromatic heterocycles. The zero-order valence-electron chi connectivity index (χ0n) is 16.6. The number of nitrogens with zero attached hydrogens (tertiary/aromatic N) is 1. The zero-order chi connectivity index (χ0) is 20.4. The standard InChI is InChI=1S/C24H24N2O3/c1-16(2)29-24(28)20-15-26(22(27)14-17-8-4-3-5-9-17)13-12-19-18-10-6-7-11-21(18)25-23(19)20/h3-11,15-16,25H,12-14H2,1-2H3. The number of benzene rings is 2. The fourth-order valence-corrected chi connectivity index (χ4v) is 3.71. The van der Waals surface area contributed by atoms with Gasteiger partial charge in [0.25, 0.3) is 0 Å². The number of H-pyrrole nitrogens is 1. The van der Waals surface area contributed by atoms with Crippen LogP contribution < -0.4 is 0 Å². The van der Waals surface area contributed by atoms with Gasteiger partial charge in [-0.15, -0.1) is 0 Å². The van der Waals surface area contributed by atoms with Crippen molar-refractivity contribution in [1.29, 1.82) is 0 Å². The Labute approximate surface area is 170 Å². The van der Waals surface area contributed by atoms with E-state index in [0.717, 1.165) is 27.7 Å². The average Bonchev–Trinajstić information content (AvgIpc) is 2.95. The summed E-state index contributed by atoms with van der Waals surface area (Å²) in [5, 5.41) is 1.07. The molecule has 1 aliphatic rings. The minimum atomic E-state index is -0.424. The van der Waals surface area contributed by atoms with Crippen LogP contribution in [0.25, 0.3) is 16.5 Å². The topological polar surface area (TPSA) is 62.4 Å². The van der Waals surface area contributed by atoms with Crippen molar-refractivity contribution in [3.05, 3.63) is 77.6 Å². The lowest BCUT2D eigenvalue weighted by Crippen LogP contribution is -2.29. The highest BCUT2D eigenvalue weighted by atomic mass is 16.5. The molecule has 1 aliphatic heterocycles. The van der Waals surface area contributed by atoms with Crippen molar-refractivity contribution in [2.45, 2.75) is 32.8 Å². The van der Waals surface area contributed by atoms with Crippen LogP contribution in [0.2, 0.25) is 0 Å². The first kappa shape index (κ1) is 19.0.